The maximum Gasteiger partial charge on any atom is 0.311 e. The number of rotatable bonds is 7. The number of ether oxygens (including phenoxy) is 1. The van der Waals surface area contributed by atoms with Crippen molar-refractivity contribution in [3.05, 3.63) is 11.6 Å². The molecule has 1 heterocycles. The molecule has 5 fully saturated rings. The van der Waals surface area contributed by atoms with Crippen LogP contribution in [0.1, 0.15) is 113 Å². The summed E-state index contributed by atoms with van der Waals surface area (Å²) in [6.07, 6.45) is 10.6. The molecule has 11 atom stereocenters. The molecule has 1 aliphatic heterocycles. The molecule has 0 aromatic heterocycles. The number of allylic oxidation sites excluding steroid dienone is 2. The highest BCUT2D eigenvalue weighted by molar-refractivity contribution is 6.76. The van der Waals surface area contributed by atoms with Gasteiger partial charge in [0.2, 0.25) is 0 Å². The molecular weight excluding hydrogens is 631 g/mol. The minimum Gasteiger partial charge on any atom is -0.481 e. The van der Waals surface area contributed by atoms with Gasteiger partial charge >= 0.3 is 11.9 Å². The quantitative estimate of drug-likeness (QED) is 0.212. The van der Waals surface area contributed by atoms with E-state index in [9.17, 15) is 24.3 Å². The number of carbonyl (C=O) groups is 4. The molecule has 1 saturated heterocycles. The summed E-state index contributed by atoms with van der Waals surface area (Å²) in [5.74, 6) is -0.717. The molecule has 49 heavy (non-hydrogen) atoms. The van der Waals surface area contributed by atoms with Gasteiger partial charge in [-0.25, -0.2) is 0 Å². The summed E-state index contributed by atoms with van der Waals surface area (Å²) in [6, 6.07) is 0.823. The number of carboxylic acid groups (broad SMARTS) is 1. The lowest BCUT2D eigenvalue weighted by atomic mass is 9.33. The van der Waals surface area contributed by atoms with E-state index in [-0.39, 0.29) is 63.5 Å². The number of esters is 1. The van der Waals surface area contributed by atoms with Crippen molar-refractivity contribution in [1.82, 2.24) is 4.90 Å². The standard InChI is InChI=1S/C41H65NO6Si/c1-26(43)27-13-20-42(25-27)32-12-14-38(4)31(41(32,7)34(45)46)11-15-40(6)33(38)30(44)23-28-29-24-37(3,35(47)48-21-22-49(8,9)10)17-16-36(29,2)18-19-39(28,40)5/h23,27,29,31-33H,11-22,24-25H2,1-10H3,(H,45,46)/t27-,29+,31-,32+,33-,36-,37+,38+,39-,40-,41+/m1/s1. The molecule has 0 aromatic rings. The Morgan fingerprint density at radius 3 is 2.22 bits per heavy atom. The third-order valence-electron chi connectivity index (χ3n) is 16.5. The van der Waals surface area contributed by atoms with Crippen LogP contribution >= 0.6 is 0 Å². The van der Waals surface area contributed by atoms with E-state index < -0.39 is 30.3 Å². The summed E-state index contributed by atoms with van der Waals surface area (Å²) >= 11 is 0. The summed E-state index contributed by atoms with van der Waals surface area (Å²) in [5.41, 5.74) is -1.21. The topological polar surface area (TPSA) is 101 Å². The maximum atomic E-state index is 14.9. The summed E-state index contributed by atoms with van der Waals surface area (Å²) in [7, 11) is -1.33. The first kappa shape index (κ1) is 37.0. The highest BCUT2D eigenvalue weighted by atomic mass is 28.3. The fourth-order valence-corrected chi connectivity index (χ4v) is 13.6. The summed E-state index contributed by atoms with van der Waals surface area (Å²) in [4.78, 5) is 56.6. The molecule has 0 unspecified atom stereocenters. The molecule has 0 aromatic carbocycles. The maximum absolute atomic E-state index is 14.9. The lowest BCUT2D eigenvalue weighted by Crippen LogP contribution is -2.69. The smallest absolute Gasteiger partial charge is 0.311 e. The van der Waals surface area contributed by atoms with Crippen LogP contribution in [0.25, 0.3) is 0 Å². The zero-order chi connectivity index (χ0) is 36.2. The van der Waals surface area contributed by atoms with Crippen molar-refractivity contribution in [1.29, 1.82) is 0 Å². The molecule has 1 N–H and O–H groups in total. The zero-order valence-corrected chi connectivity index (χ0v) is 33.3. The number of hydrogen-bond donors (Lipinski definition) is 1. The van der Waals surface area contributed by atoms with Crippen LogP contribution in [0.4, 0.5) is 0 Å². The predicted molar refractivity (Wildman–Crippen MR) is 195 cm³/mol. The van der Waals surface area contributed by atoms with Crippen molar-refractivity contribution < 1.29 is 29.0 Å². The fraction of sp³-hybridized carbons (Fsp3) is 0.854. The second kappa shape index (κ2) is 11.9. The highest BCUT2D eigenvalue weighted by Gasteiger charge is 2.72. The number of hydrogen-bond acceptors (Lipinski definition) is 6. The van der Waals surface area contributed by atoms with Gasteiger partial charge in [-0.15, -0.1) is 0 Å². The Kier molecular flexibility index (Phi) is 8.95. The zero-order valence-electron chi connectivity index (χ0n) is 32.3. The van der Waals surface area contributed by atoms with Crippen LogP contribution in [-0.4, -0.2) is 67.3 Å². The number of nitrogens with zero attached hydrogens (tertiary/aromatic N) is 1. The third-order valence-corrected chi connectivity index (χ3v) is 18.2. The van der Waals surface area contributed by atoms with Crippen LogP contribution in [0.2, 0.25) is 25.7 Å². The van der Waals surface area contributed by atoms with E-state index in [1.54, 1.807) is 6.92 Å². The van der Waals surface area contributed by atoms with Crippen molar-refractivity contribution >= 4 is 31.6 Å². The Hall–Kier alpha value is -1.80. The normalized spacial score (nSPS) is 46.9. The molecule has 7 nitrogen and oxygen atoms in total. The molecule has 6 aliphatic rings. The number of carboxylic acids is 1. The number of ketones is 2. The van der Waals surface area contributed by atoms with Gasteiger partial charge in [-0.05, 0) is 137 Å². The van der Waals surface area contributed by atoms with Crippen LogP contribution < -0.4 is 0 Å². The van der Waals surface area contributed by atoms with Crippen LogP contribution in [-0.2, 0) is 23.9 Å². The number of aliphatic carboxylic acids is 1. The van der Waals surface area contributed by atoms with Gasteiger partial charge in [-0.3, -0.25) is 24.1 Å². The first-order valence-electron chi connectivity index (χ1n) is 19.5. The molecular formula is C41H65NO6Si. The number of fused-ring (bicyclic) bond motifs is 7. The van der Waals surface area contributed by atoms with Crippen LogP contribution in [0.5, 0.6) is 0 Å². The van der Waals surface area contributed by atoms with Gasteiger partial charge in [0, 0.05) is 32.5 Å². The molecule has 0 spiro atoms. The van der Waals surface area contributed by atoms with Crippen molar-refractivity contribution in [2.75, 3.05) is 19.7 Å². The van der Waals surface area contributed by atoms with Gasteiger partial charge in [-0.2, -0.15) is 0 Å². The number of carbonyl (C=O) groups excluding carboxylic acids is 3. The Morgan fingerprint density at radius 1 is 0.939 bits per heavy atom. The minimum absolute atomic E-state index is 0.0185. The van der Waals surface area contributed by atoms with Crippen LogP contribution in [0.15, 0.2) is 11.6 Å². The van der Waals surface area contributed by atoms with Gasteiger partial charge < -0.3 is 9.84 Å². The molecule has 4 saturated carbocycles. The number of likely N-dealkylation sites (tertiary alicyclic amines) is 1. The van der Waals surface area contributed by atoms with Gasteiger partial charge in [0.05, 0.1) is 17.4 Å². The largest absolute Gasteiger partial charge is 0.481 e. The molecule has 0 amide bonds. The summed E-state index contributed by atoms with van der Waals surface area (Å²) in [5, 5.41) is 11.0. The Morgan fingerprint density at radius 2 is 1.61 bits per heavy atom. The van der Waals surface area contributed by atoms with Gasteiger partial charge in [0.15, 0.2) is 5.78 Å². The van der Waals surface area contributed by atoms with E-state index in [1.807, 2.05) is 13.0 Å². The predicted octanol–water partition coefficient (Wildman–Crippen LogP) is 8.19. The Labute approximate surface area is 296 Å². The molecule has 8 heteroatoms. The van der Waals surface area contributed by atoms with Gasteiger partial charge in [-0.1, -0.05) is 52.9 Å². The van der Waals surface area contributed by atoms with Crippen LogP contribution in [0.3, 0.4) is 0 Å². The van der Waals surface area contributed by atoms with E-state index in [2.05, 4.69) is 59.2 Å². The molecule has 274 valence electrons. The van der Waals surface area contributed by atoms with Crippen LogP contribution in [0, 0.1) is 56.2 Å². The Balaban J connectivity index is 1.33. The van der Waals surface area contributed by atoms with Crippen molar-refractivity contribution in [2.45, 2.75) is 144 Å². The van der Waals surface area contributed by atoms with E-state index in [1.165, 1.54) is 5.57 Å². The first-order chi connectivity index (χ1) is 22.6. The monoisotopic (exact) mass is 695 g/mol. The average molecular weight is 696 g/mol. The second-order valence-electron chi connectivity index (χ2n) is 20.4. The minimum atomic E-state index is -1.33. The van der Waals surface area contributed by atoms with Crippen molar-refractivity contribution in [3.63, 3.8) is 0 Å². The van der Waals surface area contributed by atoms with Crippen molar-refractivity contribution in [3.8, 4) is 0 Å². The molecule has 6 rings (SSSR count). The molecule has 0 bridgehead atoms. The lowest BCUT2D eigenvalue weighted by molar-refractivity contribution is -0.208. The third kappa shape index (κ3) is 5.49. The van der Waals surface area contributed by atoms with E-state index in [0.29, 0.717) is 13.2 Å². The van der Waals surface area contributed by atoms with Gasteiger partial charge in [0.1, 0.15) is 5.78 Å². The lowest BCUT2D eigenvalue weighted by Gasteiger charge is -2.70. The molecule has 0 radical (unpaired) electrons. The van der Waals surface area contributed by atoms with E-state index >= 15 is 0 Å². The summed E-state index contributed by atoms with van der Waals surface area (Å²) < 4.78 is 5.98. The average Bonchev–Trinajstić information content (AvgIpc) is 3.48. The van der Waals surface area contributed by atoms with E-state index in [0.717, 1.165) is 76.8 Å². The fourth-order valence-electron chi connectivity index (χ4n) is 12.9. The second-order valence-corrected chi connectivity index (χ2v) is 26.1. The molecule has 5 aliphatic carbocycles. The van der Waals surface area contributed by atoms with E-state index in [4.69, 9.17) is 4.74 Å². The first-order valence-corrected chi connectivity index (χ1v) is 23.2. The SMILES string of the molecule is CC(=O)[C@@H]1CCN([C@H]2CC[C@@]3(C)[C@@H](CC[C@]4(C)[C@@H]3C(=O)C=C3[C@@H]5C[C@@](C)(C(=O)OCC[Si](C)(C)C)CC[C@]5(C)CC[C@]34C)[C@]2(C)C(=O)O)C1. The van der Waals surface area contributed by atoms with Gasteiger partial charge in [0.25, 0.3) is 0 Å². The van der Waals surface area contributed by atoms with Crippen molar-refractivity contribution in [2.24, 2.45) is 56.2 Å². The Bertz CT molecular complexity index is 1450. The summed E-state index contributed by atoms with van der Waals surface area (Å²) in [6.45, 7) is 23.9. The number of Topliss-reactive ketones (excluding diaryl/α,β-unsaturated/α-hetero) is 1. The highest BCUT2D eigenvalue weighted by Crippen LogP contribution is 2.75.